The van der Waals surface area contributed by atoms with Gasteiger partial charge in [0.1, 0.15) is 11.8 Å². The van der Waals surface area contributed by atoms with Crippen LogP contribution in [-0.4, -0.2) is 69.8 Å². The number of fused-ring (bicyclic) bond motifs is 2. The molecule has 0 saturated carbocycles. The Balaban J connectivity index is 0.000000163. The molecule has 0 aliphatic rings. The fraction of sp³-hybridized carbons (Fsp3) is 0.120. The van der Waals surface area contributed by atoms with Crippen molar-refractivity contribution < 1.29 is 0 Å². The Morgan fingerprint density at radius 1 is 0.500 bits per heavy atom. The minimum Gasteiger partial charge on any atom is -0.382 e. The number of aromatic nitrogens is 14. The first-order chi connectivity index (χ1) is 22.7. The summed E-state index contributed by atoms with van der Waals surface area (Å²) in [5.74, 6) is 0.511. The highest BCUT2D eigenvalue weighted by Gasteiger charge is 2.02. The standard InChI is InChI=1S/C5H5N5O.C5H5N5.3C5H6N2O2/c6-5-9-3-2(4(11)10-5)7-1-8-3;6-4-3-5(9-1-7-3)10-2-8-4;3*1-3-2-6-5(9)7-4(3)8/h1H,(H4,6,7,8,9,10,11);1-2H,(H3,6,7,8,9,10);3*2H,1H3,(H2,6,7,8,9). The summed E-state index contributed by atoms with van der Waals surface area (Å²) < 4.78 is 0. The zero-order valence-corrected chi connectivity index (χ0v) is 25.2. The molecular weight excluding hydrogens is 636 g/mol. The maximum Gasteiger partial charge on any atom is 0.325 e. The van der Waals surface area contributed by atoms with Crippen molar-refractivity contribution in [3.8, 4) is 0 Å². The van der Waals surface area contributed by atoms with Gasteiger partial charge in [0.25, 0.3) is 22.2 Å². The van der Waals surface area contributed by atoms with Crippen LogP contribution in [0.1, 0.15) is 16.7 Å². The molecule has 0 amide bonds. The van der Waals surface area contributed by atoms with Gasteiger partial charge in [-0.1, -0.05) is 0 Å². The number of imidazole rings is 2. The number of nitrogens with one attached hydrogen (secondary N) is 9. The van der Waals surface area contributed by atoms with Gasteiger partial charge in [-0.3, -0.25) is 39.1 Å². The summed E-state index contributed by atoms with van der Waals surface area (Å²) in [7, 11) is 0. The number of nitrogens with zero attached hydrogens (tertiary/aromatic N) is 5. The van der Waals surface area contributed by atoms with E-state index in [0.717, 1.165) is 0 Å². The highest BCUT2D eigenvalue weighted by molar-refractivity contribution is 5.80. The Morgan fingerprint density at radius 2 is 0.938 bits per heavy atom. The summed E-state index contributed by atoms with van der Waals surface area (Å²) >= 11 is 0. The van der Waals surface area contributed by atoms with Gasteiger partial charge in [-0.05, 0) is 20.8 Å². The molecule has 7 heterocycles. The molecule has 0 spiro atoms. The van der Waals surface area contributed by atoms with Gasteiger partial charge in [0.15, 0.2) is 22.6 Å². The minimum atomic E-state index is -0.467. The van der Waals surface area contributed by atoms with Crippen molar-refractivity contribution in [1.29, 1.82) is 0 Å². The van der Waals surface area contributed by atoms with E-state index in [0.29, 0.717) is 44.8 Å². The van der Waals surface area contributed by atoms with Crippen LogP contribution in [0, 0.1) is 20.8 Å². The van der Waals surface area contributed by atoms with E-state index in [4.69, 9.17) is 11.5 Å². The maximum absolute atomic E-state index is 11.0. The molecule has 0 aliphatic heterocycles. The second-order valence-electron chi connectivity index (χ2n) is 9.18. The fourth-order valence-electron chi connectivity index (χ4n) is 3.07. The van der Waals surface area contributed by atoms with Gasteiger partial charge in [-0.25, -0.2) is 34.3 Å². The lowest BCUT2D eigenvalue weighted by Crippen LogP contribution is -2.22. The first-order valence-electron chi connectivity index (χ1n) is 13.2. The molecule has 0 unspecified atom stereocenters. The van der Waals surface area contributed by atoms with E-state index in [-0.39, 0.29) is 28.2 Å². The predicted molar refractivity (Wildman–Crippen MR) is 172 cm³/mol. The first-order valence-corrected chi connectivity index (χ1v) is 13.2. The topological polar surface area (TPSA) is 378 Å². The van der Waals surface area contributed by atoms with Gasteiger partial charge < -0.3 is 36.4 Å². The second kappa shape index (κ2) is 16.0. The zero-order chi connectivity index (χ0) is 35.4. The summed E-state index contributed by atoms with van der Waals surface area (Å²) in [4.78, 5) is 114. The summed E-state index contributed by atoms with van der Waals surface area (Å²) in [5, 5.41) is 0. The van der Waals surface area contributed by atoms with E-state index in [1.807, 2.05) is 0 Å². The van der Waals surface area contributed by atoms with Crippen molar-refractivity contribution in [3.05, 3.63) is 127 Å². The molecule has 23 heteroatoms. The molecule has 48 heavy (non-hydrogen) atoms. The van der Waals surface area contributed by atoms with Gasteiger partial charge in [0.2, 0.25) is 5.95 Å². The van der Waals surface area contributed by atoms with Crippen molar-refractivity contribution >= 4 is 34.1 Å². The number of H-pyrrole nitrogens is 9. The minimum absolute atomic E-state index is 0.0783. The Hall–Kier alpha value is -7.46. The van der Waals surface area contributed by atoms with E-state index < -0.39 is 17.1 Å². The average molecular weight is 665 g/mol. The molecular formula is C25H28N16O7. The molecule has 0 atom stereocenters. The monoisotopic (exact) mass is 664 g/mol. The van der Waals surface area contributed by atoms with Crippen LogP contribution in [0.4, 0.5) is 11.8 Å². The molecule has 7 rings (SSSR count). The Kier molecular flexibility index (Phi) is 11.7. The van der Waals surface area contributed by atoms with Crippen LogP contribution in [0.25, 0.3) is 22.3 Å². The molecule has 7 aromatic heterocycles. The van der Waals surface area contributed by atoms with Crippen LogP contribution in [0.15, 0.2) is 71.1 Å². The predicted octanol–water partition coefficient (Wildman–Crippen LogP) is -2.72. The Labute approximate surface area is 263 Å². The summed E-state index contributed by atoms with van der Waals surface area (Å²) in [6, 6.07) is 0. The van der Waals surface area contributed by atoms with Crippen LogP contribution in [0.2, 0.25) is 0 Å². The van der Waals surface area contributed by atoms with Crippen LogP contribution < -0.4 is 50.8 Å². The zero-order valence-electron chi connectivity index (χ0n) is 25.2. The van der Waals surface area contributed by atoms with Crippen molar-refractivity contribution in [2.75, 3.05) is 11.5 Å². The second-order valence-corrected chi connectivity index (χ2v) is 9.18. The summed E-state index contributed by atoms with van der Waals surface area (Å²) in [6.07, 6.45) is 8.45. The highest BCUT2D eigenvalue weighted by atomic mass is 16.2. The number of nitrogen functional groups attached to an aromatic ring is 2. The number of hydrogen-bond donors (Lipinski definition) is 11. The van der Waals surface area contributed by atoms with Crippen LogP contribution in [-0.2, 0) is 0 Å². The smallest absolute Gasteiger partial charge is 0.325 e. The van der Waals surface area contributed by atoms with Crippen molar-refractivity contribution in [2.45, 2.75) is 20.8 Å². The molecule has 0 fully saturated rings. The highest BCUT2D eigenvalue weighted by Crippen LogP contribution is 2.09. The fourth-order valence-corrected chi connectivity index (χ4v) is 3.07. The lowest BCUT2D eigenvalue weighted by Gasteiger charge is -1.89. The Morgan fingerprint density at radius 3 is 1.35 bits per heavy atom. The maximum atomic E-state index is 11.0. The van der Waals surface area contributed by atoms with Gasteiger partial charge >= 0.3 is 17.1 Å². The molecule has 0 aliphatic carbocycles. The van der Waals surface area contributed by atoms with Crippen LogP contribution in [0.3, 0.4) is 0 Å². The molecule has 250 valence electrons. The molecule has 7 aromatic rings. The van der Waals surface area contributed by atoms with Crippen molar-refractivity contribution in [2.24, 2.45) is 0 Å². The quantitative estimate of drug-likeness (QED) is 0.0784. The lowest BCUT2D eigenvalue weighted by atomic mass is 10.4. The first kappa shape index (κ1) is 35.0. The molecule has 0 bridgehead atoms. The normalized spacial score (nSPS) is 9.90. The number of aromatic amines is 9. The summed E-state index contributed by atoms with van der Waals surface area (Å²) in [6.45, 7) is 4.86. The largest absolute Gasteiger partial charge is 0.382 e. The van der Waals surface area contributed by atoms with E-state index >= 15 is 0 Å². The van der Waals surface area contributed by atoms with Gasteiger partial charge in [0.05, 0.1) is 12.7 Å². The third kappa shape index (κ3) is 10.0. The number of hydrogen-bond acceptors (Lipinski definition) is 14. The van der Waals surface area contributed by atoms with Gasteiger partial charge in [-0.2, -0.15) is 4.98 Å². The van der Waals surface area contributed by atoms with Crippen LogP contribution >= 0.6 is 0 Å². The molecule has 0 radical (unpaired) electrons. The molecule has 13 N–H and O–H groups in total. The van der Waals surface area contributed by atoms with Gasteiger partial charge in [-0.15, -0.1) is 0 Å². The number of nitrogens with two attached hydrogens (primary N) is 2. The molecule has 23 nitrogen and oxygen atoms in total. The molecule has 0 aromatic carbocycles. The SMILES string of the molecule is Cc1c[nH]c(=O)[nH]c1=O.Cc1c[nH]c(=O)[nH]c1=O.Cc1c[nH]c(=O)[nH]c1=O.Nc1nc2nc[nH]c2c(=O)[nH]1.Nc1ncnc2nc[nH]c12. The van der Waals surface area contributed by atoms with E-state index in [2.05, 4.69) is 69.8 Å². The lowest BCUT2D eigenvalue weighted by molar-refractivity contribution is 1.01. The van der Waals surface area contributed by atoms with Crippen molar-refractivity contribution in [1.82, 2.24) is 69.8 Å². The van der Waals surface area contributed by atoms with E-state index in [1.54, 1.807) is 20.8 Å². The number of rotatable bonds is 0. The number of aryl methyl sites for hydroxylation is 3. The van der Waals surface area contributed by atoms with E-state index in [9.17, 15) is 33.6 Å². The summed E-state index contributed by atoms with van der Waals surface area (Å²) in [5.41, 5.74) is 11.5. The molecule has 0 saturated heterocycles. The average Bonchev–Trinajstić information content (AvgIpc) is 3.72. The van der Waals surface area contributed by atoms with Gasteiger partial charge in [0, 0.05) is 35.3 Å². The van der Waals surface area contributed by atoms with Crippen molar-refractivity contribution in [3.63, 3.8) is 0 Å². The third-order valence-corrected chi connectivity index (χ3v) is 5.58. The third-order valence-electron chi connectivity index (χ3n) is 5.58. The Bertz CT molecular complexity index is 2390. The van der Waals surface area contributed by atoms with E-state index in [1.165, 1.54) is 37.6 Å². The van der Waals surface area contributed by atoms with Crippen LogP contribution in [0.5, 0.6) is 0 Å². The number of anilines is 2.